The molecule has 2 fully saturated rings. The van der Waals surface area contributed by atoms with Crippen molar-refractivity contribution in [2.45, 2.75) is 47.1 Å². The van der Waals surface area contributed by atoms with Crippen LogP contribution in [0.25, 0.3) is 6.08 Å². The summed E-state index contributed by atoms with van der Waals surface area (Å²) in [5.74, 6) is 0.708. The van der Waals surface area contributed by atoms with Gasteiger partial charge >= 0.3 is 0 Å². The highest BCUT2D eigenvalue weighted by Crippen LogP contribution is 2.36. The van der Waals surface area contributed by atoms with Crippen molar-refractivity contribution in [3.05, 3.63) is 31.9 Å². The number of thioether (sulfide) groups is 1. The molecular formula is C23H31N5O2S2. The van der Waals surface area contributed by atoms with E-state index in [1.165, 1.54) is 11.8 Å². The number of nitrogens with zero attached hydrogens (tertiary/aromatic N) is 5. The molecule has 9 heteroatoms. The van der Waals surface area contributed by atoms with Gasteiger partial charge in [0, 0.05) is 44.8 Å². The number of amides is 1. The van der Waals surface area contributed by atoms with E-state index in [0.29, 0.717) is 27.9 Å². The molecule has 0 spiro atoms. The third-order valence-electron chi connectivity index (χ3n) is 6.01. The molecule has 0 unspecified atom stereocenters. The molecular weight excluding hydrogens is 442 g/mol. The van der Waals surface area contributed by atoms with E-state index in [1.807, 2.05) is 19.9 Å². The Kier molecular flexibility index (Phi) is 8.15. The third kappa shape index (κ3) is 4.63. The lowest BCUT2D eigenvalue weighted by Gasteiger charge is -2.37. The maximum Gasteiger partial charge on any atom is 0.270 e. The number of thiocarbonyl (C=S) groups is 1. The lowest BCUT2D eigenvalue weighted by Crippen LogP contribution is -2.48. The molecule has 1 aromatic heterocycles. The molecule has 2 saturated heterocycles. The Labute approximate surface area is 199 Å². The predicted octanol–water partition coefficient (Wildman–Crippen LogP) is 3.19. The Hall–Kier alpha value is -2.15. The molecule has 0 radical (unpaired) electrons. The number of rotatable bonds is 7. The van der Waals surface area contributed by atoms with Crippen LogP contribution >= 0.6 is 24.0 Å². The van der Waals surface area contributed by atoms with Gasteiger partial charge in [-0.3, -0.25) is 19.1 Å². The number of carbonyl (C=O) groups excluding carboxylic acids is 1. The molecule has 3 rings (SSSR count). The van der Waals surface area contributed by atoms with E-state index in [4.69, 9.17) is 12.2 Å². The van der Waals surface area contributed by atoms with Crippen LogP contribution in [-0.4, -0.2) is 63.9 Å². The van der Waals surface area contributed by atoms with Gasteiger partial charge in [0.25, 0.3) is 11.5 Å². The van der Waals surface area contributed by atoms with Crippen LogP contribution in [0.15, 0.2) is 9.70 Å². The maximum absolute atomic E-state index is 13.2. The highest BCUT2D eigenvalue weighted by atomic mass is 32.2. The lowest BCUT2D eigenvalue weighted by atomic mass is 10.0. The summed E-state index contributed by atoms with van der Waals surface area (Å²) in [4.78, 5) is 33.0. The summed E-state index contributed by atoms with van der Waals surface area (Å²) in [6, 6.07) is 2.11. The van der Waals surface area contributed by atoms with Crippen LogP contribution in [0.4, 0.5) is 5.82 Å². The van der Waals surface area contributed by atoms with Gasteiger partial charge in [-0.15, -0.1) is 0 Å². The van der Waals surface area contributed by atoms with E-state index in [1.54, 1.807) is 16.4 Å². The van der Waals surface area contributed by atoms with Crippen LogP contribution in [0, 0.1) is 18.3 Å². The summed E-state index contributed by atoms with van der Waals surface area (Å²) in [6.07, 6.45) is 3.44. The molecule has 0 atom stereocenters. The van der Waals surface area contributed by atoms with Gasteiger partial charge in [-0.2, -0.15) is 5.26 Å². The summed E-state index contributed by atoms with van der Waals surface area (Å²) in [5, 5.41) is 9.75. The Morgan fingerprint density at radius 3 is 2.31 bits per heavy atom. The van der Waals surface area contributed by atoms with Crippen LogP contribution in [0.5, 0.6) is 0 Å². The summed E-state index contributed by atoms with van der Waals surface area (Å²) in [7, 11) is 0. The fourth-order valence-electron chi connectivity index (χ4n) is 4.24. The molecule has 32 heavy (non-hydrogen) atoms. The molecule has 2 aliphatic heterocycles. The quantitative estimate of drug-likeness (QED) is 0.445. The number of pyridine rings is 1. The van der Waals surface area contributed by atoms with Gasteiger partial charge in [0.15, 0.2) is 0 Å². The first kappa shape index (κ1) is 24.5. The monoisotopic (exact) mass is 473 g/mol. The average molecular weight is 474 g/mol. The van der Waals surface area contributed by atoms with E-state index in [-0.39, 0.29) is 17.0 Å². The van der Waals surface area contributed by atoms with Crippen molar-refractivity contribution in [3.8, 4) is 6.07 Å². The highest BCUT2D eigenvalue weighted by Gasteiger charge is 2.33. The largest absolute Gasteiger partial charge is 0.355 e. The molecule has 0 bridgehead atoms. The zero-order valence-electron chi connectivity index (χ0n) is 19.3. The Morgan fingerprint density at radius 1 is 1.09 bits per heavy atom. The van der Waals surface area contributed by atoms with E-state index >= 15 is 0 Å². The first-order valence-electron chi connectivity index (χ1n) is 11.3. The van der Waals surface area contributed by atoms with Gasteiger partial charge in [-0.1, -0.05) is 44.8 Å². The molecule has 1 amide bonds. The van der Waals surface area contributed by atoms with Crippen molar-refractivity contribution < 1.29 is 4.79 Å². The van der Waals surface area contributed by atoms with Crippen molar-refractivity contribution in [1.82, 2.24) is 14.4 Å². The molecule has 1 aromatic rings. The lowest BCUT2D eigenvalue weighted by molar-refractivity contribution is -0.122. The molecule has 172 valence electrons. The van der Waals surface area contributed by atoms with E-state index in [2.05, 4.69) is 22.8 Å². The number of aromatic nitrogens is 1. The number of likely N-dealkylation sites (N-methyl/N-ethyl adjacent to an activating group) is 1. The second-order valence-corrected chi connectivity index (χ2v) is 9.74. The minimum absolute atomic E-state index is 0.102. The average Bonchev–Trinajstić information content (AvgIpc) is 3.05. The fourth-order valence-corrected chi connectivity index (χ4v) is 5.53. The van der Waals surface area contributed by atoms with Gasteiger partial charge in [-0.25, -0.2) is 0 Å². The highest BCUT2D eigenvalue weighted by molar-refractivity contribution is 8.26. The molecule has 0 saturated carbocycles. The van der Waals surface area contributed by atoms with Crippen molar-refractivity contribution in [2.75, 3.05) is 44.2 Å². The second-order valence-electron chi connectivity index (χ2n) is 8.06. The SMILES string of the molecule is CCCN1C(=O)C(=Cc2c(C)c(C#N)c(=O)n(CCC)c2N2CCN(CC)CC2)SC1=S. The van der Waals surface area contributed by atoms with E-state index < -0.39 is 0 Å². The first-order valence-corrected chi connectivity index (χ1v) is 12.5. The van der Waals surface area contributed by atoms with Crippen molar-refractivity contribution in [2.24, 2.45) is 0 Å². The minimum Gasteiger partial charge on any atom is -0.355 e. The summed E-state index contributed by atoms with van der Waals surface area (Å²) in [5.41, 5.74) is 1.29. The van der Waals surface area contributed by atoms with E-state index in [9.17, 15) is 14.9 Å². The number of hydrogen-bond donors (Lipinski definition) is 0. The Bertz CT molecular complexity index is 1030. The van der Waals surface area contributed by atoms with Crippen LogP contribution in [0.1, 0.15) is 50.3 Å². The topological polar surface area (TPSA) is 72.6 Å². The van der Waals surface area contributed by atoms with Crippen LogP contribution < -0.4 is 10.5 Å². The zero-order valence-corrected chi connectivity index (χ0v) is 20.9. The molecule has 0 aromatic carbocycles. The van der Waals surface area contributed by atoms with Gasteiger partial charge in [0.05, 0.1) is 4.91 Å². The van der Waals surface area contributed by atoms with Gasteiger partial charge < -0.3 is 9.80 Å². The minimum atomic E-state index is -0.254. The molecule has 0 N–H and O–H groups in total. The third-order valence-corrected chi connectivity index (χ3v) is 7.39. The van der Waals surface area contributed by atoms with Crippen molar-refractivity contribution in [1.29, 1.82) is 5.26 Å². The van der Waals surface area contributed by atoms with E-state index in [0.717, 1.165) is 56.9 Å². The van der Waals surface area contributed by atoms with Gasteiger partial charge in [-0.05, 0) is 37.9 Å². The Balaban J connectivity index is 2.19. The zero-order chi connectivity index (χ0) is 23.4. The number of nitriles is 1. The predicted molar refractivity (Wildman–Crippen MR) is 135 cm³/mol. The normalized spacial score (nSPS) is 18.7. The first-order chi connectivity index (χ1) is 15.4. The summed E-state index contributed by atoms with van der Waals surface area (Å²) >= 11 is 6.73. The van der Waals surface area contributed by atoms with Gasteiger partial charge in [0.2, 0.25) is 0 Å². The number of hydrogen-bond acceptors (Lipinski definition) is 7. The summed E-state index contributed by atoms with van der Waals surface area (Å²) < 4.78 is 2.28. The smallest absolute Gasteiger partial charge is 0.270 e. The molecule has 2 aliphatic rings. The summed E-state index contributed by atoms with van der Waals surface area (Å²) in [6.45, 7) is 13.5. The maximum atomic E-state index is 13.2. The van der Waals surface area contributed by atoms with Crippen LogP contribution in [0.2, 0.25) is 0 Å². The van der Waals surface area contributed by atoms with Crippen molar-refractivity contribution >= 4 is 46.1 Å². The number of piperazine rings is 1. The standard InChI is InChI=1S/C23H31N5O2S2/c1-5-8-27-20(26-12-10-25(7-3)11-13-26)17(16(4)18(15-24)21(27)29)14-19-22(30)28(9-6-2)23(31)32-19/h14H,5-13H2,1-4H3. The van der Waals surface area contributed by atoms with Crippen molar-refractivity contribution in [3.63, 3.8) is 0 Å². The van der Waals surface area contributed by atoms with Crippen LogP contribution in [-0.2, 0) is 11.3 Å². The van der Waals surface area contributed by atoms with Crippen LogP contribution in [0.3, 0.4) is 0 Å². The second kappa shape index (κ2) is 10.6. The Morgan fingerprint density at radius 2 is 1.75 bits per heavy atom. The molecule has 0 aliphatic carbocycles. The number of carbonyl (C=O) groups is 1. The number of anilines is 1. The molecule has 3 heterocycles. The molecule has 7 nitrogen and oxygen atoms in total. The van der Waals surface area contributed by atoms with Gasteiger partial charge in [0.1, 0.15) is 21.8 Å². The fraction of sp³-hybridized carbons (Fsp3) is 0.565.